The summed E-state index contributed by atoms with van der Waals surface area (Å²) in [5.74, 6) is 3.22. The van der Waals surface area contributed by atoms with Crippen molar-refractivity contribution in [1.82, 2.24) is 15.5 Å². The monoisotopic (exact) mass is 247 g/mol. The molecule has 0 saturated carbocycles. The highest BCUT2D eigenvalue weighted by Crippen LogP contribution is 2.25. The first kappa shape index (κ1) is 11.5. The third-order valence-corrected chi connectivity index (χ3v) is 3.32. The number of piperidine rings is 1. The van der Waals surface area contributed by atoms with E-state index in [-0.39, 0.29) is 0 Å². The Morgan fingerprint density at radius 2 is 2.39 bits per heavy atom. The molecule has 5 nitrogen and oxygen atoms in total. The molecule has 1 aliphatic rings. The van der Waals surface area contributed by atoms with Gasteiger partial charge in [0.2, 0.25) is 0 Å². The number of nitrogens with zero attached hydrogens (tertiary/aromatic N) is 2. The van der Waals surface area contributed by atoms with Crippen LogP contribution < -0.4 is 5.32 Å². The van der Waals surface area contributed by atoms with E-state index in [1.807, 2.05) is 12.1 Å². The van der Waals surface area contributed by atoms with Crippen molar-refractivity contribution in [3.63, 3.8) is 0 Å². The van der Waals surface area contributed by atoms with Crippen LogP contribution >= 0.6 is 0 Å². The summed E-state index contributed by atoms with van der Waals surface area (Å²) in [4.78, 5) is 4.44. The maximum absolute atomic E-state index is 5.61. The lowest BCUT2D eigenvalue weighted by Crippen LogP contribution is -2.28. The zero-order valence-corrected chi connectivity index (χ0v) is 10.5. The minimum absolute atomic E-state index is 0.358. The molecule has 0 radical (unpaired) electrons. The number of aryl methyl sites for hydroxylation is 1. The van der Waals surface area contributed by atoms with E-state index in [1.54, 1.807) is 0 Å². The van der Waals surface area contributed by atoms with Crippen molar-refractivity contribution in [1.29, 1.82) is 0 Å². The standard InChI is InChI=1S/C13H17N3O2/c1-2-10-5-6-11(17-10)13-15-12(16-18-13)9-4-3-7-14-8-9/h5-6,9,14H,2-4,7-8H2,1H3. The summed E-state index contributed by atoms with van der Waals surface area (Å²) in [6, 6.07) is 3.83. The lowest BCUT2D eigenvalue weighted by Gasteiger charge is -2.19. The van der Waals surface area contributed by atoms with Crippen LogP contribution in [0.5, 0.6) is 0 Å². The predicted octanol–water partition coefficient (Wildman–Crippen LogP) is 2.36. The summed E-state index contributed by atoms with van der Waals surface area (Å²) in [6.45, 7) is 4.06. The van der Waals surface area contributed by atoms with Crippen LogP contribution in [0.25, 0.3) is 11.7 Å². The van der Waals surface area contributed by atoms with Crippen molar-refractivity contribution in [2.24, 2.45) is 0 Å². The fraction of sp³-hybridized carbons (Fsp3) is 0.538. The van der Waals surface area contributed by atoms with Crippen molar-refractivity contribution in [3.8, 4) is 11.7 Å². The van der Waals surface area contributed by atoms with Crippen LogP contribution in [-0.4, -0.2) is 23.2 Å². The molecule has 0 amide bonds. The fourth-order valence-electron chi connectivity index (χ4n) is 2.26. The average molecular weight is 247 g/mol. The van der Waals surface area contributed by atoms with Crippen LogP contribution in [0.3, 0.4) is 0 Å². The van der Waals surface area contributed by atoms with Gasteiger partial charge in [0, 0.05) is 18.9 Å². The van der Waals surface area contributed by atoms with Gasteiger partial charge in [-0.3, -0.25) is 0 Å². The van der Waals surface area contributed by atoms with Gasteiger partial charge in [0.25, 0.3) is 5.89 Å². The van der Waals surface area contributed by atoms with Gasteiger partial charge in [-0.2, -0.15) is 4.98 Å². The smallest absolute Gasteiger partial charge is 0.293 e. The molecule has 3 heterocycles. The third kappa shape index (κ3) is 2.18. The third-order valence-electron chi connectivity index (χ3n) is 3.32. The Morgan fingerprint density at radius 3 is 3.11 bits per heavy atom. The van der Waals surface area contributed by atoms with Gasteiger partial charge in [0.15, 0.2) is 11.6 Å². The topological polar surface area (TPSA) is 64.1 Å². The number of rotatable bonds is 3. The number of hydrogen-bond donors (Lipinski definition) is 1. The Bertz CT molecular complexity index is 512. The first-order chi connectivity index (χ1) is 8.86. The second kappa shape index (κ2) is 4.94. The predicted molar refractivity (Wildman–Crippen MR) is 66.2 cm³/mol. The van der Waals surface area contributed by atoms with Crippen molar-refractivity contribution in [2.45, 2.75) is 32.1 Å². The highest BCUT2D eigenvalue weighted by atomic mass is 16.5. The molecule has 1 saturated heterocycles. The van der Waals surface area contributed by atoms with Crippen LogP contribution in [0.4, 0.5) is 0 Å². The Hall–Kier alpha value is -1.62. The van der Waals surface area contributed by atoms with Crippen molar-refractivity contribution in [3.05, 3.63) is 23.7 Å². The van der Waals surface area contributed by atoms with Gasteiger partial charge < -0.3 is 14.3 Å². The van der Waals surface area contributed by atoms with Gasteiger partial charge in [-0.05, 0) is 31.5 Å². The molecule has 0 aliphatic carbocycles. The SMILES string of the molecule is CCc1ccc(-c2nc(C3CCCNC3)no2)o1. The van der Waals surface area contributed by atoms with E-state index in [2.05, 4.69) is 22.4 Å². The van der Waals surface area contributed by atoms with Crippen LogP contribution in [0.2, 0.25) is 0 Å². The maximum Gasteiger partial charge on any atom is 0.293 e. The van der Waals surface area contributed by atoms with E-state index in [0.717, 1.165) is 43.9 Å². The molecule has 2 aromatic rings. The molecule has 0 spiro atoms. The van der Waals surface area contributed by atoms with Gasteiger partial charge in [0.05, 0.1) is 0 Å². The maximum atomic E-state index is 5.61. The Labute approximate surface area is 106 Å². The highest BCUT2D eigenvalue weighted by Gasteiger charge is 2.22. The minimum Gasteiger partial charge on any atom is -0.456 e. The molecule has 96 valence electrons. The van der Waals surface area contributed by atoms with E-state index >= 15 is 0 Å². The number of furan rings is 1. The molecular weight excluding hydrogens is 230 g/mol. The summed E-state index contributed by atoms with van der Waals surface area (Å²) in [5, 5.41) is 7.42. The Balaban J connectivity index is 1.79. The van der Waals surface area contributed by atoms with E-state index in [0.29, 0.717) is 17.6 Å². The largest absolute Gasteiger partial charge is 0.456 e. The van der Waals surface area contributed by atoms with E-state index in [1.165, 1.54) is 0 Å². The van der Waals surface area contributed by atoms with E-state index in [9.17, 15) is 0 Å². The Kier molecular flexibility index (Phi) is 3.15. The van der Waals surface area contributed by atoms with Crippen LogP contribution in [-0.2, 0) is 6.42 Å². The van der Waals surface area contributed by atoms with E-state index in [4.69, 9.17) is 8.94 Å². The van der Waals surface area contributed by atoms with Crippen LogP contribution in [0.1, 0.15) is 37.3 Å². The number of nitrogens with one attached hydrogen (secondary N) is 1. The van der Waals surface area contributed by atoms with Crippen molar-refractivity contribution < 1.29 is 8.94 Å². The van der Waals surface area contributed by atoms with Gasteiger partial charge in [-0.15, -0.1) is 0 Å². The molecule has 18 heavy (non-hydrogen) atoms. The van der Waals surface area contributed by atoms with Crippen LogP contribution in [0.15, 0.2) is 21.1 Å². The second-order valence-corrected chi connectivity index (χ2v) is 4.62. The highest BCUT2D eigenvalue weighted by molar-refractivity contribution is 5.44. The zero-order valence-electron chi connectivity index (χ0n) is 10.5. The summed E-state index contributed by atoms with van der Waals surface area (Å²) >= 11 is 0. The average Bonchev–Trinajstić information content (AvgIpc) is 3.08. The lowest BCUT2D eigenvalue weighted by atomic mass is 9.99. The van der Waals surface area contributed by atoms with E-state index < -0.39 is 0 Å². The molecule has 1 fully saturated rings. The molecule has 1 aliphatic heterocycles. The second-order valence-electron chi connectivity index (χ2n) is 4.62. The molecule has 1 unspecified atom stereocenters. The van der Waals surface area contributed by atoms with Gasteiger partial charge in [0.1, 0.15) is 5.76 Å². The lowest BCUT2D eigenvalue weighted by molar-refractivity contribution is 0.385. The molecular formula is C13H17N3O2. The first-order valence-corrected chi connectivity index (χ1v) is 6.50. The summed E-state index contributed by atoms with van der Waals surface area (Å²) in [6.07, 6.45) is 3.15. The van der Waals surface area contributed by atoms with Crippen molar-refractivity contribution in [2.75, 3.05) is 13.1 Å². The van der Waals surface area contributed by atoms with Gasteiger partial charge >= 0.3 is 0 Å². The van der Waals surface area contributed by atoms with Gasteiger partial charge in [-0.1, -0.05) is 12.1 Å². The number of aromatic nitrogens is 2. The molecule has 1 atom stereocenters. The summed E-state index contributed by atoms with van der Waals surface area (Å²) < 4.78 is 10.9. The van der Waals surface area contributed by atoms with Gasteiger partial charge in [-0.25, -0.2) is 0 Å². The molecule has 0 aromatic carbocycles. The Morgan fingerprint density at radius 1 is 1.44 bits per heavy atom. The minimum atomic E-state index is 0.358. The zero-order chi connectivity index (χ0) is 12.4. The quantitative estimate of drug-likeness (QED) is 0.902. The normalized spacial score (nSPS) is 20.2. The van der Waals surface area contributed by atoms with Crippen molar-refractivity contribution >= 4 is 0 Å². The number of hydrogen-bond acceptors (Lipinski definition) is 5. The summed E-state index contributed by atoms with van der Waals surface area (Å²) in [7, 11) is 0. The first-order valence-electron chi connectivity index (χ1n) is 6.50. The van der Waals surface area contributed by atoms with Crippen LogP contribution in [0, 0.1) is 0 Å². The fourth-order valence-corrected chi connectivity index (χ4v) is 2.26. The molecule has 0 bridgehead atoms. The molecule has 2 aromatic heterocycles. The molecule has 3 rings (SSSR count). The molecule has 1 N–H and O–H groups in total. The summed E-state index contributed by atoms with van der Waals surface area (Å²) in [5.41, 5.74) is 0. The molecule has 5 heteroatoms.